The van der Waals surface area contributed by atoms with Gasteiger partial charge < -0.3 is 19.8 Å². The third kappa shape index (κ3) is 5.25. The molecule has 9 nitrogen and oxygen atoms in total. The van der Waals surface area contributed by atoms with Gasteiger partial charge in [0.15, 0.2) is 6.61 Å². The van der Waals surface area contributed by atoms with Crippen LogP contribution in [-0.2, 0) is 14.4 Å². The van der Waals surface area contributed by atoms with Crippen LogP contribution in [0.2, 0.25) is 0 Å². The predicted octanol–water partition coefficient (Wildman–Crippen LogP) is 5.33. The smallest absolute Gasteiger partial charge is 0.305 e. The van der Waals surface area contributed by atoms with Gasteiger partial charge in [0.05, 0.1) is 23.7 Å². The summed E-state index contributed by atoms with van der Waals surface area (Å²) in [7, 11) is 1.54. The first-order valence-electron chi connectivity index (χ1n) is 12.9. The van der Waals surface area contributed by atoms with Crippen LogP contribution in [-0.4, -0.2) is 41.7 Å². The number of benzene rings is 3. The summed E-state index contributed by atoms with van der Waals surface area (Å²) in [4.78, 5) is 57.5. The summed E-state index contributed by atoms with van der Waals surface area (Å²) in [5.74, 6) is -1.58. The number of carbonyl (C=O) groups excluding carboxylic acids is 3. The Bertz CT molecular complexity index is 1770. The van der Waals surface area contributed by atoms with Gasteiger partial charge in [-0.3, -0.25) is 19.2 Å². The van der Waals surface area contributed by atoms with Crippen molar-refractivity contribution in [2.24, 2.45) is 5.92 Å². The van der Waals surface area contributed by atoms with Crippen LogP contribution in [0, 0.1) is 12.8 Å². The molecule has 1 fully saturated rings. The number of methoxy groups -OCH3 is 1. The molecule has 0 spiro atoms. The number of carbonyl (C=O) groups is 3. The summed E-state index contributed by atoms with van der Waals surface area (Å²) < 4.78 is 12.0. The van der Waals surface area contributed by atoms with Gasteiger partial charge in [-0.25, -0.2) is 4.90 Å². The van der Waals surface area contributed by atoms with Gasteiger partial charge in [-0.2, -0.15) is 0 Å². The van der Waals surface area contributed by atoms with E-state index in [9.17, 15) is 19.2 Å². The third-order valence-electron chi connectivity index (χ3n) is 7.12. The second kappa shape index (κ2) is 11.4. The van der Waals surface area contributed by atoms with Crippen molar-refractivity contribution in [2.45, 2.75) is 23.1 Å². The lowest BCUT2D eigenvalue weighted by molar-refractivity contribution is -0.122. The fourth-order valence-corrected chi connectivity index (χ4v) is 8.18. The van der Waals surface area contributed by atoms with E-state index < -0.39 is 17.1 Å². The summed E-state index contributed by atoms with van der Waals surface area (Å²) in [5, 5.41) is 2.62. The Morgan fingerprint density at radius 2 is 1.83 bits per heavy atom. The number of nitrogens with one attached hydrogen (secondary N) is 2. The van der Waals surface area contributed by atoms with E-state index >= 15 is 0 Å². The molecule has 214 valence electrons. The first kappa shape index (κ1) is 28.3. The number of imide groups is 1. The van der Waals surface area contributed by atoms with Gasteiger partial charge in [0, 0.05) is 26.5 Å². The Morgan fingerprint density at radius 3 is 2.57 bits per heavy atom. The van der Waals surface area contributed by atoms with Crippen LogP contribution in [0.15, 0.2) is 81.0 Å². The summed E-state index contributed by atoms with van der Waals surface area (Å²) in [6.07, 6.45) is 0. The van der Waals surface area contributed by atoms with Crippen LogP contribution in [0.1, 0.15) is 21.9 Å². The predicted molar refractivity (Wildman–Crippen MR) is 165 cm³/mol. The van der Waals surface area contributed by atoms with Crippen molar-refractivity contribution in [3.8, 4) is 11.5 Å². The van der Waals surface area contributed by atoms with Crippen molar-refractivity contribution in [1.29, 1.82) is 0 Å². The van der Waals surface area contributed by atoms with E-state index in [0.29, 0.717) is 38.3 Å². The zero-order valence-electron chi connectivity index (χ0n) is 22.4. The molecule has 1 saturated heterocycles. The Morgan fingerprint density at radius 1 is 1.05 bits per heavy atom. The van der Waals surface area contributed by atoms with Gasteiger partial charge in [0.1, 0.15) is 16.7 Å². The fourth-order valence-electron chi connectivity index (χ4n) is 5.29. The molecular weight excluding hydrogens is 642 g/mol. The second-order valence-corrected chi connectivity index (χ2v) is 12.9. The Hall–Kier alpha value is -3.87. The molecule has 3 heterocycles. The number of hydrogen-bond donors (Lipinski definition) is 2. The van der Waals surface area contributed by atoms with E-state index in [1.54, 1.807) is 49.6 Å². The molecule has 2 aliphatic rings. The van der Waals surface area contributed by atoms with E-state index in [-0.39, 0.29) is 29.2 Å². The number of rotatable bonds is 7. The molecule has 0 bridgehead atoms. The van der Waals surface area contributed by atoms with E-state index in [1.807, 2.05) is 31.2 Å². The highest BCUT2D eigenvalue weighted by Gasteiger charge is 2.56. The normalized spacial score (nSPS) is 19.3. The molecule has 0 aliphatic carbocycles. The lowest BCUT2D eigenvalue weighted by Gasteiger charge is -2.31. The lowest BCUT2D eigenvalue weighted by atomic mass is 9.82. The highest BCUT2D eigenvalue weighted by molar-refractivity contribution is 9.10. The molecule has 42 heavy (non-hydrogen) atoms. The standard InChI is InChI=1S/C30H24BrN3O6S2/c1-15-4-3-5-17(12-15)32-22(35)14-40-21-11-6-16(31)13-20(21)23-24-26(41-27-25(23)42-30(38)33-27)29(37)34(28(24)36)18-7-9-19(39-2)10-8-18/h3-13,23-24,26H,14H2,1-2H3,(H,32,35)(H,33,38)/t23-,24?,26?/m1/s1. The fraction of sp³-hybridized carbons (Fsp3) is 0.200. The van der Waals surface area contributed by atoms with Gasteiger partial charge in [-0.05, 0) is 67.1 Å². The van der Waals surface area contributed by atoms with Crippen molar-refractivity contribution in [2.75, 3.05) is 23.9 Å². The molecule has 4 aromatic rings. The maximum atomic E-state index is 14.1. The van der Waals surface area contributed by atoms with E-state index in [2.05, 4.69) is 26.2 Å². The topological polar surface area (TPSA) is 118 Å². The van der Waals surface area contributed by atoms with Crippen molar-refractivity contribution in [1.82, 2.24) is 4.98 Å². The Balaban J connectivity index is 1.36. The number of amides is 3. The molecule has 2 N–H and O–H groups in total. The van der Waals surface area contributed by atoms with Crippen LogP contribution in [0.3, 0.4) is 0 Å². The van der Waals surface area contributed by atoms with Gasteiger partial charge >= 0.3 is 4.87 Å². The minimum Gasteiger partial charge on any atom is -0.497 e. The number of hydrogen-bond acceptors (Lipinski definition) is 8. The SMILES string of the molecule is COc1ccc(N2C(=O)C3Sc4[nH]c(=O)sc4[C@H](c4cc(Br)ccc4OCC(=O)Nc4cccc(C)c4)C3C2=O)cc1. The summed E-state index contributed by atoms with van der Waals surface area (Å²) >= 11 is 5.73. The first-order valence-corrected chi connectivity index (χ1v) is 15.4. The zero-order valence-corrected chi connectivity index (χ0v) is 25.6. The third-order valence-corrected chi connectivity index (χ3v) is 10.0. The minimum atomic E-state index is -0.804. The number of anilines is 2. The summed E-state index contributed by atoms with van der Waals surface area (Å²) in [6.45, 7) is 1.66. The van der Waals surface area contributed by atoms with Crippen LogP contribution >= 0.6 is 39.0 Å². The number of fused-ring (bicyclic) bond motifs is 2. The highest BCUT2D eigenvalue weighted by Crippen LogP contribution is 2.54. The summed E-state index contributed by atoms with van der Waals surface area (Å²) in [6, 6.07) is 19.5. The number of ether oxygens (including phenoxy) is 2. The van der Waals surface area contributed by atoms with Crippen molar-refractivity contribution in [3.05, 3.63) is 96.9 Å². The molecule has 3 atom stereocenters. The molecule has 6 rings (SSSR count). The average Bonchev–Trinajstić information content (AvgIpc) is 3.46. The average molecular weight is 667 g/mol. The van der Waals surface area contributed by atoms with Gasteiger partial charge in [-0.15, -0.1) is 0 Å². The first-order chi connectivity index (χ1) is 20.2. The zero-order chi connectivity index (χ0) is 29.5. The number of H-pyrrole nitrogens is 1. The van der Waals surface area contributed by atoms with E-state index in [4.69, 9.17) is 9.47 Å². The van der Waals surface area contributed by atoms with Crippen LogP contribution in [0.5, 0.6) is 11.5 Å². The lowest BCUT2D eigenvalue weighted by Crippen LogP contribution is -2.32. The molecular formula is C30H24BrN3O6S2. The van der Waals surface area contributed by atoms with Crippen LogP contribution in [0.25, 0.3) is 0 Å². The van der Waals surface area contributed by atoms with Gasteiger partial charge in [0.25, 0.3) is 5.91 Å². The second-order valence-electron chi connectivity index (χ2n) is 9.85. The minimum absolute atomic E-state index is 0.278. The van der Waals surface area contributed by atoms with Crippen LogP contribution in [0.4, 0.5) is 11.4 Å². The monoisotopic (exact) mass is 665 g/mol. The number of thioether (sulfide) groups is 1. The van der Waals surface area contributed by atoms with Gasteiger partial charge in [-0.1, -0.05) is 51.2 Å². The van der Waals surface area contributed by atoms with Gasteiger partial charge in [0.2, 0.25) is 11.8 Å². The molecule has 3 amide bonds. The van der Waals surface area contributed by atoms with E-state index in [0.717, 1.165) is 21.4 Å². The molecule has 0 radical (unpaired) electrons. The number of aromatic nitrogens is 1. The van der Waals surface area contributed by atoms with Crippen molar-refractivity contribution in [3.63, 3.8) is 0 Å². The molecule has 12 heteroatoms. The van der Waals surface area contributed by atoms with Crippen molar-refractivity contribution < 1.29 is 23.9 Å². The number of halogens is 1. The number of aryl methyl sites for hydroxylation is 1. The molecule has 3 aromatic carbocycles. The van der Waals surface area contributed by atoms with Crippen LogP contribution < -0.4 is 24.6 Å². The Labute approximate surface area is 257 Å². The molecule has 2 aliphatic heterocycles. The van der Waals surface area contributed by atoms with Crippen molar-refractivity contribution >= 4 is 68.1 Å². The largest absolute Gasteiger partial charge is 0.497 e. The molecule has 2 unspecified atom stereocenters. The number of aromatic amines is 1. The molecule has 0 saturated carbocycles. The maximum absolute atomic E-state index is 14.1. The number of thiazole rings is 1. The molecule has 1 aromatic heterocycles. The number of nitrogens with zero attached hydrogens (tertiary/aromatic N) is 1. The maximum Gasteiger partial charge on any atom is 0.305 e. The highest BCUT2D eigenvalue weighted by atomic mass is 79.9. The van der Waals surface area contributed by atoms with E-state index in [1.165, 1.54) is 16.7 Å². The Kier molecular flexibility index (Phi) is 7.69. The summed E-state index contributed by atoms with van der Waals surface area (Å²) in [5.41, 5.74) is 2.70. The quantitative estimate of drug-likeness (QED) is 0.256.